The predicted octanol–water partition coefficient (Wildman–Crippen LogP) is 5.44. The fourth-order valence-electron chi connectivity index (χ4n) is 2.77. The number of anilines is 1. The normalized spacial score (nSPS) is 12.3. The predicted molar refractivity (Wildman–Crippen MR) is 136 cm³/mol. The number of rotatable bonds is 11. The minimum absolute atomic E-state index is 0.118. The maximum absolute atomic E-state index is 11.4. The van der Waals surface area contributed by atoms with Gasteiger partial charge in [0.15, 0.2) is 0 Å². The summed E-state index contributed by atoms with van der Waals surface area (Å²) in [5, 5.41) is 9.55. The van der Waals surface area contributed by atoms with Crippen LogP contribution in [0.25, 0.3) is 0 Å². The standard InChI is InChI=1S/C25H26NO6PS/c1-18(2)25(28)30-16-15-29-22-11-13-24(14-12-22)32-33(34,17-19-3-5-20(26)6-4-19)31-23-9-7-21(27)8-10-23/h3-14,27H,1,15-17,26H2,2H3. The Morgan fingerprint density at radius 2 is 1.44 bits per heavy atom. The molecule has 3 rings (SSSR count). The second-order valence-corrected chi connectivity index (χ2v) is 11.0. The first-order chi connectivity index (χ1) is 16.2. The van der Waals surface area contributed by atoms with E-state index in [9.17, 15) is 9.90 Å². The van der Waals surface area contributed by atoms with Crippen molar-refractivity contribution >= 4 is 30.0 Å². The number of carbonyl (C=O) groups is 1. The van der Waals surface area contributed by atoms with Gasteiger partial charge in [-0.1, -0.05) is 18.7 Å². The van der Waals surface area contributed by atoms with Gasteiger partial charge in [-0.15, -0.1) is 0 Å². The number of benzene rings is 3. The molecule has 1 unspecified atom stereocenters. The summed E-state index contributed by atoms with van der Waals surface area (Å²) in [5.41, 5.74) is 7.72. The van der Waals surface area contributed by atoms with Crippen molar-refractivity contribution in [3.05, 3.63) is 90.5 Å². The maximum Gasteiger partial charge on any atom is 0.333 e. The summed E-state index contributed by atoms with van der Waals surface area (Å²) in [5.74, 6) is 1.29. The van der Waals surface area contributed by atoms with E-state index in [-0.39, 0.29) is 19.0 Å². The molecule has 0 heterocycles. The average molecular weight is 500 g/mol. The van der Waals surface area contributed by atoms with Crippen molar-refractivity contribution in [2.45, 2.75) is 13.1 Å². The number of hydrogen-bond donors (Lipinski definition) is 2. The molecule has 7 nitrogen and oxygen atoms in total. The van der Waals surface area contributed by atoms with Crippen LogP contribution in [0.1, 0.15) is 12.5 Å². The smallest absolute Gasteiger partial charge is 0.333 e. The highest BCUT2D eigenvalue weighted by Gasteiger charge is 2.24. The van der Waals surface area contributed by atoms with Crippen molar-refractivity contribution in [3.63, 3.8) is 0 Å². The molecule has 34 heavy (non-hydrogen) atoms. The van der Waals surface area contributed by atoms with Crippen LogP contribution in [-0.2, 0) is 27.5 Å². The maximum atomic E-state index is 11.4. The lowest BCUT2D eigenvalue weighted by molar-refractivity contribution is -0.139. The van der Waals surface area contributed by atoms with Gasteiger partial charge in [0, 0.05) is 11.3 Å². The lowest BCUT2D eigenvalue weighted by atomic mass is 10.2. The lowest BCUT2D eigenvalue weighted by Crippen LogP contribution is -2.12. The van der Waals surface area contributed by atoms with Gasteiger partial charge in [0.05, 0.1) is 6.16 Å². The topological polar surface area (TPSA) is 100 Å². The van der Waals surface area contributed by atoms with Crippen LogP contribution in [0.2, 0.25) is 0 Å². The zero-order valence-electron chi connectivity index (χ0n) is 18.7. The summed E-state index contributed by atoms with van der Waals surface area (Å²) in [6, 6.07) is 20.6. The molecule has 0 aliphatic carbocycles. The van der Waals surface area contributed by atoms with E-state index >= 15 is 0 Å². The monoisotopic (exact) mass is 499 g/mol. The van der Waals surface area contributed by atoms with Crippen LogP contribution in [0, 0.1) is 0 Å². The Bertz CT molecular complexity index is 1110. The van der Waals surface area contributed by atoms with Gasteiger partial charge in [-0.2, -0.15) is 0 Å². The summed E-state index contributed by atoms with van der Waals surface area (Å²) in [4.78, 5) is 11.4. The zero-order chi connectivity index (χ0) is 24.6. The van der Waals surface area contributed by atoms with Crippen molar-refractivity contribution in [2.24, 2.45) is 0 Å². The third-order valence-corrected chi connectivity index (χ3v) is 7.00. The van der Waals surface area contributed by atoms with Crippen molar-refractivity contribution in [1.82, 2.24) is 0 Å². The minimum atomic E-state index is -2.87. The van der Waals surface area contributed by atoms with Crippen molar-refractivity contribution < 1.29 is 28.4 Å². The van der Waals surface area contributed by atoms with Gasteiger partial charge in [-0.25, -0.2) is 4.79 Å². The number of hydrogen-bond acceptors (Lipinski definition) is 8. The fraction of sp³-hybridized carbons (Fsp3) is 0.160. The summed E-state index contributed by atoms with van der Waals surface area (Å²) in [7, 11) is 0. The number of esters is 1. The molecule has 0 amide bonds. The third kappa shape index (κ3) is 7.83. The van der Waals surface area contributed by atoms with E-state index in [2.05, 4.69) is 6.58 Å². The first-order valence-corrected chi connectivity index (χ1v) is 13.2. The first kappa shape index (κ1) is 25.1. The summed E-state index contributed by atoms with van der Waals surface area (Å²) >= 11 is 5.86. The molecule has 3 N–H and O–H groups in total. The van der Waals surface area contributed by atoms with Gasteiger partial charge in [0.1, 0.15) is 36.2 Å². The van der Waals surface area contributed by atoms with Crippen molar-refractivity contribution in [2.75, 3.05) is 18.9 Å². The molecular weight excluding hydrogens is 473 g/mol. The summed E-state index contributed by atoms with van der Waals surface area (Å²) in [6.07, 6.45) is 0.371. The van der Waals surface area contributed by atoms with Gasteiger partial charge in [-0.05, 0) is 85.0 Å². The molecule has 3 aromatic rings. The molecular formula is C25H26NO6PS. The number of phenolic OH excluding ortho intramolecular Hbond substituents is 1. The number of carbonyl (C=O) groups excluding carboxylic acids is 1. The van der Waals surface area contributed by atoms with Crippen LogP contribution >= 0.6 is 6.49 Å². The SMILES string of the molecule is C=C(C)C(=O)OCCOc1ccc(OP(=S)(Cc2ccc(N)cc2)Oc2ccc(O)cc2)cc1. The van der Waals surface area contributed by atoms with Crippen LogP contribution in [0.5, 0.6) is 23.0 Å². The molecule has 0 bridgehead atoms. The number of phenols is 1. The largest absolute Gasteiger partial charge is 0.508 e. The second-order valence-electron chi connectivity index (χ2n) is 7.42. The Kier molecular flexibility index (Phi) is 8.57. The Balaban J connectivity index is 1.68. The minimum Gasteiger partial charge on any atom is -0.508 e. The van der Waals surface area contributed by atoms with Crippen molar-refractivity contribution in [3.8, 4) is 23.0 Å². The number of ether oxygens (including phenoxy) is 2. The van der Waals surface area contributed by atoms with E-state index in [1.807, 2.05) is 12.1 Å². The third-order valence-electron chi connectivity index (χ3n) is 4.44. The Hall–Kier alpha value is -3.48. The number of nitrogens with two attached hydrogens (primary N) is 1. The molecule has 0 saturated heterocycles. The van der Waals surface area contributed by atoms with Crippen LogP contribution in [-0.4, -0.2) is 24.3 Å². The van der Waals surface area contributed by atoms with Crippen LogP contribution < -0.4 is 19.5 Å². The number of aromatic hydroxyl groups is 1. The molecule has 9 heteroatoms. The molecule has 0 aliphatic heterocycles. The highest BCUT2D eigenvalue weighted by atomic mass is 32.5. The first-order valence-electron chi connectivity index (χ1n) is 10.4. The molecule has 0 fully saturated rings. The molecule has 3 aromatic carbocycles. The molecule has 0 aliphatic rings. The Labute approximate surface area is 203 Å². The van der Waals surface area contributed by atoms with Crippen LogP contribution in [0.15, 0.2) is 84.9 Å². The molecule has 0 aromatic heterocycles. The van der Waals surface area contributed by atoms with E-state index in [0.29, 0.717) is 34.7 Å². The van der Waals surface area contributed by atoms with E-state index < -0.39 is 12.5 Å². The number of nitrogen functional groups attached to an aromatic ring is 1. The highest BCUT2D eigenvalue weighted by Crippen LogP contribution is 2.52. The Morgan fingerprint density at radius 3 is 2.00 bits per heavy atom. The van der Waals surface area contributed by atoms with E-state index in [1.54, 1.807) is 55.5 Å². The Morgan fingerprint density at radius 1 is 0.912 bits per heavy atom. The fourth-order valence-corrected chi connectivity index (χ4v) is 5.45. The van der Waals surface area contributed by atoms with Crippen LogP contribution in [0.3, 0.4) is 0 Å². The van der Waals surface area contributed by atoms with Gasteiger partial charge >= 0.3 is 5.97 Å². The van der Waals surface area contributed by atoms with Gasteiger partial charge in [-0.3, -0.25) is 0 Å². The zero-order valence-corrected chi connectivity index (χ0v) is 20.4. The second kappa shape index (κ2) is 11.6. The molecule has 1 atom stereocenters. The van der Waals surface area contributed by atoms with Crippen LogP contribution in [0.4, 0.5) is 5.69 Å². The lowest BCUT2D eigenvalue weighted by Gasteiger charge is -2.24. The van der Waals surface area contributed by atoms with E-state index in [4.69, 9.17) is 36.1 Å². The summed E-state index contributed by atoms with van der Waals surface area (Å²) in [6.45, 7) is 2.57. The average Bonchev–Trinajstić information content (AvgIpc) is 2.80. The van der Waals surface area contributed by atoms with E-state index in [0.717, 1.165) is 5.56 Å². The summed E-state index contributed by atoms with van der Waals surface area (Å²) < 4.78 is 22.9. The van der Waals surface area contributed by atoms with Gasteiger partial charge in [0.25, 0.3) is 6.49 Å². The van der Waals surface area contributed by atoms with Crippen molar-refractivity contribution in [1.29, 1.82) is 0 Å². The molecule has 0 saturated carbocycles. The molecule has 0 radical (unpaired) electrons. The van der Waals surface area contributed by atoms with Gasteiger partial charge in [0.2, 0.25) is 0 Å². The van der Waals surface area contributed by atoms with Gasteiger partial charge < -0.3 is 29.4 Å². The molecule has 0 spiro atoms. The van der Waals surface area contributed by atoms with E-state index in [1.165, 1.54) is 12.1 Å². The molecule has 178 valence electrons. The highest BCUT2D eigenvalue weighted by molar-refractivity contribution is 8.09. The quantitative estimate of drug-likeness (QED) is 0.118.